The normalized spacial score (nSPS) is 10.4. The number of hydrogen-bond acceptors (Lipinski definition) is 4. The van der Waals surface area contributed by atoms with Crippen molar-refractivity contribution < 1.29 is 4.79 Å². The van der Waals surface area contributed by atoms with E-state index in [1.165, 1.54) is 6.20 Å². The molecule has 2 aromatic heterocycles. The van der Waals surface area contributed by atoms with E-state index in [0.717, 1.165) is 5.69 Å². The van der Waals surface area contributed by atoms with Crippen LogP contribution in [0, 0.1) is 13.8 Å². The first kappa shape index (κ1) is 12.1. The van der Waals surface area contributed by atoms with E-state index in [0.29, 0.717) is 22.8 Å². The van der Waals surface area contributed by atoms with E-state index in [9.17, 15) is 4.79 Å². The van der Waals surface area contributed by atoms with Gasteiger partial charge in [0.25, 0.3) is 5.91 Å². The Hall–Kier alpha value is -2.37. The summed E-state index contributed by atoms with van der Waals surface area (Å²) in [6.45, 7) is 3.66. The second-order valence-electron chi connectivity index (χ2n) is 4.11. The van der Waals surface area contributed by atoms with E-state index < -0.39 is 0 Å². The lowest BCUT2D eigenvalue weighted by molar-refractivity contribution is 0.102. The molecular formula is C12H15N5O. The topological polar surface area (TPSA) is 85.8 Å². The zero-order chi connectivity index (χ0) is 13.3. The number of anilines is 2. The number of aryl methyl sites for hydroxylation is 3. The largest absolute Gasteiger partial charge is 0.394 e. The van der Waals surface area contributed by atoms with Crippen LogP contribution in [0.25, 0.3) is 0 Å². The van der Waals surface area contributed by atoms with Gasteiger partial charge in [0.2, 0.25) is 0 Å². The Labute approximate surface area is 105 Å². The Balaban J connectivity index is 2.24. The van der Waals surface area contributed by atoms with E-state index in [-0.39, 0.29) is 5.91 Å². The molecule has 2 rings (SSSR count). The number of amides is 1. The lowest BCUT2D eigenvalue weighted by atomic mass is 10.2. The molecule has 6 heteroatoms. The molecule has 0 aliphatic carbocycles. The number of rotatable bonds is 2. The highest BCUT2D eigenvalue weighted by Crippen LogP contribution is 2.21. The molecule has 0 fully saturated rings. The van der Waals surface area contributed by atoms with Crippen LogP contribution in [-0.4, -0.2) is 20.7 Å². The van der Waals surface area contributed by atoms with Gasteiger partial charge in [0.1, 0.15) is 0 Å². The number of nitrogens with zero attached hydrogens (tertiary/aromatic N) is 3. The van der Waals surface area contributed by atoms with Gasteiger partial charge in [-0.2, -0.15) is 5.10 Å². The van der Waals surface area contributed by atoms with E-state index >= 15 is 0 Å². The Morgan fingerprint density at radius 2 is 2.11 bits per heavy atom. The van der Waals surface area contributed by atoms with Crippen molar-refractivity contribution in [2.45, 2.75) is 13.8 Å². The molecule has 1 amide bonds. The van der Waals surface area contributed by atoms with Crippen LogP contribution in [0.1, 0.15) is 21.7 Å². The minimum atomic E-state index is -0.253. The Morgan fingerprint density at radius 1 is 1.39 bits per heavy atom. The van der Waals surface area contributed by atoms with Crippen molar-refractivity contribution in [3.8, 4) is 0 Å². The molecule has 0 radical (unpaired) electrons. The van der Waals surface area contributed by atoms with Crippen LogP contribution in [0.15, 0.2) is 18.3 Å². The van der Waals surface area contributed by atoms with Crippen molar-refractivity contribution in [3.05, 3.63) is 35.3 Å². The number of nitrogens with one attached hydrogen (secondary N) is 1. The number of carbonyl (C=O) groups is 1. The van der Waals surface area contributed by atoms with E-state index in [2.05, 4.69) is 15.4 Å². The molecule has 2 aromatic rings. The number of nitrogen functional groups attached to an aromatic ring is 1. The van der Waals surface area contributed by atoms with Gasteiger partial charge in [-0.15, -0.1) is 0 Å². The van der Waals surface area contributed by atoms with Gasteiger partial charge in [-0.25, -0.2) is 0 Å². The smallest absolute Gasteiger partial charge is 0.258 e. The summed E-state index contributed by atoms with van der Waals surface area (Å²) in [5.74, 6) is 0.246. The Kier molecular flexibility index (Phi) is 3.01. The molecule has 0 unspecified atom stereocenters. The zero-order valence-electron chi connectivity index (χ0n) is 10.6. The summed E-state index contributed by atoms with van der Waals surface area (Å²) in [6.07, 6.45) is 1.53. The zero-order valence-corrected chi connectivity index (χ0v) is 10.6. The average molecular weight is 245 g/mol. The van der Waals surface area contributed by atoms with Gasteiger partial charge < -0.3 is 11.1 Å². The van der Waals surface area contributed by atoms with Crippen molar-refractivity contribution in [3.63, 3.8) is 0 Å². The molecule has 94 valence electrons. The predicted molar refractivity (Wildman–Crippen MR) is 69.3 cm³/mol. The van der Waals surface area contributed by atoms with Crippen LogP contribution < -0.4 is 11.1 Å². The van der Waals surface area contributed by atoms with Crippen LogP contribution in [0.4, 0.5) is 11.5 Å². The molecule has 3 N–H and O–H groups in total. The van der Waals surface area contributed by atoms with Crippen LogP contribution in [-0.2, 0) is 7.05 Å². The molecule has 0 spiro atoms. The molecule has 0 atom stereocenters. The second kappa shape index (κ2) is 4.48. The summed E-state index contributed by atoms with van der Waals surface area (Å²) in [6, 6.07) is 3.50. The first-order valence-electron chi connectivity index (χ1n) is 5.52. The summed E-state index contributed by atoms with van der Waals surface area (Å²) < 4.78 is 1.55. The maximum atomic E-state index is 12.0. The molecular weight excluding hydrogens is 230 g/mol. The standard InChI is InChI=1S/C12H15N5O/c1-7-4-5-9(6-14-7)12(18)15-11-10(13)8(2)16-17(11)3/h4-6H,13H2,1-3H3,(H,15,18). The predicted octanol–water partition coefficient (Wildman–Crippen LogP) is 1.27. The number of carbonyl (C=O) groups excluding carboxylic acids is 1. The van der Waals surface area contributed by atoms with Gasteiger partial charge in [0.05, 0.1) is 16.9 Å². The van der Waals surface area contributed by atoms with Gasteiger partial charge in [-0.1, -0.05) is 0 Å². The number of pyridine rings is 1. The van der Waals surface area contributed by atoms with Crippen molar-refractivity contribution in [1.29, 1.82) is 0 Å². The monoisotopic (exact) mass is 245 g/mol. The van der Waals surface area contributed by atoms with Crippen molar-refractivity contribution >= 4 is 17.4 Å². The van der Waals surface area contributed by atoms with Gasteiger partial charge in [-0.05, 0) is 26.0 Å². The minimum absolute atomic E-state index is 0.253. The van der Waals surface area contributed by atoms with Crippen LogP contribution in [0.5, 0.6) is 0 Å². The summed E-state index contributed by atoms with van der Waals surface area (Å²) in [5.41, 5.74) is 8.36. The van der Waals surface area contributed by atoms with Gasteiger partial charge >= 0.3 is 0 Å². The van der Waals surface area contributed by atoms with E-state index in [4.69, 9.17) is 5.73 Å². The summed E-state index contributed by atoms with van der Waals surface area (Å²) in [5, 5.41) is 6.86. The molecule has 0 aliphatic heterocycles. The lowest BCUT2D eigenvalue weighted by Gasteiger charge is -2.06. The minimum Gasteiger partial charge on any atom is -0.394 e. The molecule has 0 aliphatic rings. The molecule has 0 saturated carbocycles. The number of hydrogen-bond donors (Lipinski definition) is 2. The van der Waals surface area contributed by atoms with Gasteiger partial charge in [0, 0.05) is 18.9 Å². The first-order chi connectivity index (χ1) is 8.49. The van der Waals surface area contributed by atoms with Crippen LogP contribution in [0.2, 0.25) is 0 Å². The SMILES string of the molecule is Cc1ccc(C(=O)Nc2c(N)c(C)nn2C)cn1. The van der Waals surface area contributed by atoms with Crippen LogP contribution in [0.3, 0.4) is 0 Å². The van der Waals surface area contributed by atoms with Crippen LogP contribution >= 0.6 is 0 Å². The van der Waals surface area contributed by atoms with Crippen molar-refractivity contribution in [2.75, 3.05) is 11.1 Å². The van der Waals surface area contributed by atoms with Gasteiger partial charge in [0.15, 0.2) is 5.82 Å². The number of nitrogens with two attached hydrogens (primary N) is 1. The molecule has 0 saturated heterocycles. The maximum Gasteiger partial charge on any atom is 0.258 e. The second-order valence-corrected chi connectivity index (χ2v) is 4.11. The molecule has 2 heterocycles. The fourth-order valence-corrected chi connectivity index (χ4v) is 1.60. The van der Waals surface area contributed by atoms with E-state index in [1.54, 1.807) is 30.8 Å². The van der Waals surface area contributed by atoms with Crippen molar-refractivity contribution in [1.82, 2.24) is 14.8 Å². The van der Waals surface area contributed by atoms with Crippen molar-refractivity contribution in [2.24, 2.45) is 7.05 Å². The fourth-order valence-electron chi connectivity index (χ4n) is 1.60. The summed E-state index contributed by atoms with van der Waals surface area (Å²) >= 11 is 0. The van der Waals surface area contributed by atoms with E-state index in [1.807, 2.05) is 6.92 Å². The average Bonchev–Trinajstić information content (AvgIpc) is 2.57. The summed E-state index contributed by atoms with van der Waals surface area (Å²) in [7, 11) is 1.73. The third kappa shape index (κ3) is 2.17. The molecule has 0 aromatic carbocycles. The summed E-state index contributed by atoms with van der Waals surface area (Å²) in [4.78, 5) is 16.1. The fraction of sp³-hybridized carbons (Fsp3) is 0.250. The third-order valence-electron chi connectivity index (χ3n) is 2.67. The number of aromatic nitrogens is 3. The van der Waals surface area contributed by atoms with Gasteiger partial charge in [-0.3, -0.25) is 14.5 Å². The molecule has 18 heavy (non-hydrogen) atoms. The Bertz CT molecular complexity index is 585. The molecule has 6 nitrogen and oxygen atoms in total. The first-order valence-corrected chi connectivity index (χ1v) is 5.52. The third-order valence-corrected chi connectivity index (χ3v) is 2.67. The highest BCUT2D eigenvalue weighted by molar-refractivity contribution is 6.05. The highest BCUT2D eigenvalue weighted by atomic mass is 16.1. The molecule has 0 bridgehead atoms. The highest BCUT2D eigenvalue weighted by Gasteiger charge is 2.14. The quantitative estimate of drug-likeness (QED) is 0.834. The lowest BCUT2D eigenvalue weighted by Crippen LogP contribution is -2.15. The maximum absolute atomic E-state index is 12.0. The Morgan fingerprint density at radius 3 is 2.61 bits per heavy atom.